The minimum atomic E-state index is -0.318. The number of hydrogen-bond acceptors (Lipinski definition) is 9. The molecule has 0 saturated carbocycles. The van der Waals surface area contributed by atoms with Crippen LogP contribution in [0.25, 0.3) is 0 Å². The van der Waals surface area contributed by atoms with Gasteiger partial charge in [-0.25, -0.2) is 15.0 Å². The summed E-state index contributed by atoms with van der Waals surface area (Å²) in [5.74, 6) is -0.318. The van der Waals surface area contributed by atoms with Crippen molar-refractivity contribution in [3.63, 3.8) is 0 Å². The molecule has 27 heavy (non-hydrogen) atoms. The normalized spacial score (nSPS) is 10.7. The van der Waals surface area contributed by atoms with E-state index in [1.807, 2.05) is 24.3 Å². The zero-order chi connectivity index (χ0) is 18.5. The molecule has 2 N–H and O–H groups in total. The minimum Gasteiger partial charge on any atom is -0.296 e. The first-order chi connectivity index (χ1) is 13.3. The van der Waals surface area contributed by atoms with Crippen LogP contribution >= 0.6 is 34.9 Å². The third kappa shape index (κ3) is 4.51. The van der Waals surface area contributed by atoms with Gasteiger partial charge in [0, 0.05) is 33.8 Å². The van der Waals surface area contributed by atoms with Crippen molar-refractivity contribution in [1.82, 2.24) is 30.1 Å². The van der Waals surface area contributed by atoms with Gasteiger partial charge in [0.2, 0.25) is 0 Å². The van der Waals surface area contributed by atoms with Gasteiger partial charge in [-0.2, -0.15) is 5.10 Å². The van der Waals surface area contributed by atoms with Crippen LogP contribution in [0.1, 0.15) is 10.5 Å². The summed E-state index contributed by atoms with van der Waals surface area (Å²) >= 11 is 4.09. The van der Waals surface area contributed by atoms with E-state index in [1.54, 1.807) is 24.0 Å². The van der Waals surface area contributed by atoms with Crippen molar-refractivity contribution in [3.05, 3.63) is 60.3 Å². The van der Waals surface area contributed by atoms with Gasteiger partial charge in [-0.1, -0.05) is 11.8 Å². The highest BCUT2D eigenvalue weighted by Crippen LogP contribution is 2.32. The predicted molar refractivity (Wildman–Crippen MR) is 103 cm³/mol. The highest BCUT2D eigenvalue weighted by atomic mass is 32.2. The predicted octanol–water partition coefficient (Wildman–Crippen LogP) is 3.61. The van der Waals surface area contributed by atoms with Gasteiger partial charge >= 0.3 is 0 Å². The molecule has 0 bridgehead atoms. The summed E-state index contributed by atoms with van der Waals surface area (Å²) in [5, 5.41) is 12.9. The molecule has 0 unspecified atom stereocenters. The molecule has 134 valence electrons. The van der Waals surface area contributed by atoms with Crippen LogP contribution < -0.4 is 5.32 Å². The molecule has 0 saturated heterocycles. The molecule has 0 radical (unpaired) electrons. The van der Waals surface area contributed by atoms with E-state index in [1.165, 1.54) is 41.2 Å². The zero-order valence-corrected chi connectivity index (χ0v) is 16.0. The molecule has 0 aliphatic carbocycles. The number of thiazole rings is 1. The average molecular weight is 414 g/mol. The molecule has 0 spiro atoms. The van der Waals surface area contributed by atoms with Gasteiger partial charge in [0.25, 0.3) is 5.91 Å². The van der Waals surface area contributed by atoms with E-state index in [2.05, 4.69) is 35.5 Å². The number of amides is 1. The van der Waals surface area contributed by atoms with Crippen LogP contribution in [0.4, 0.5) is 5.13 Å². The van der Waals surface area contributed by atoms with Gasteiger partial charge in [0.15, 0.2) is 10.3 Å². The van der Waals surface area contributed by atoms with E-state index in [0.29, 0.717) is 21.0 Å². The molecule has 0 atom stereocenters. The number of H-pyrrole nitrogens is 1. The number of carbonyl (C=O) groups is 1. The van der Waals surface area contributed by atoms with Gasteiger partial charge in [-0.3, -0.25) is 20.2 Å². The minimum absolute atomic E-state index is 0.316. The molecule has 0 aromatic carbocycles. The largest absolute Gasteiger partial charge is 0.296 e. The van der Waals surface area contributed by atoms with Crippen LogP contribution in [0.2, 0.25) is 0 Å². The lowest BCUT2D eigenvalue weighted by Gasteiger charge is -2.09. The molecule has 4 aromatic heterocycles. The lowest BCUT2D eigenvalue weighted by Crippen LogP contribution is -2.15. The molecule has 4 aromatic rings. The van der Waals surface area contributed by atoms with Crippen LogP contribution in [-0.2, 0) is 0 Å². The van der Waals surface area contributed by atoms with E-state index in [9.17, 15) is 4.79 Å². The smallest absolute Gasteiger partial charge is 0.277 e. The Hall–Kier alpha value is -2.76. The second kappa shape index (κ2) is 8.29. The van der Waals surface area contributed by atoms with Crippen LogP contribution in [0, 0.1) is 0 Å². The Kier molecular flexibility index (Phi) is 5.42. The van der Waals surface area contributed by atoms with Gasteiger partial charge in [0.1, 0.15) is 17.0 Å². The first kappa shape index (κ1) is 17.6. The SMILES string of the molecule is O=C(Nc1nccs1)c1nc(Sc2ncn[nH]2)ccc1Sc1ccncc1. The summed E-state index contributed by atoms with van der Waals surface area (Å²) in [4.78, 5) is 31.2. The Balaban J connectivity index is 1.65. The van der Waals surface area contributed by atoms with Crippen LogP contribution in [0.3, 0.4) is 0 Å². The molecule has 4 rings (SSSR count). The summed E-state index contributed by atoms with van der Waals surface area (Å²) in [6.07, 6.45) is 6.47. The Morgan fingerprint density at radius 2 is 1.96 bits per heavy atom. The van der Waals surface area contributed by atoms with Crippen LogP contribution in [-0.4, -0.2) is 36.0 Å². The van der Waals surface area contributed by atoms with Crippen molar-refractivity contribution < 1.29 is 4.79 Å². The number of pyridine rings is 2. The van der Waals surface area contributed by atoms with Crippen molar-refractivity contribution >= 4 is 45.9 Å². The second-order valence-electron chi connectivity index (χ2n) is 4.97. The summed E-state index contributed by atoms with van der Waals surface area (Å²) in [7, 11) is 0. The Bertz CT molecular complexity index is 1020. The topological polar surface area (TPSA) is 109 Å². The molecule has 0 aliphatic heterocycles. The maximum absolute atomic E-state index is 12.8. The van der Waals surface area contributed by atoms with E-state index < -0.39 is 0 Å². The number of nitrogens with zero attached hydrogens (tertiary/aromatic N) is 5. The number of carbonyl (C=O) groups excluding carboxylic acids is 1. The second-order valence-corrected chi connectivity index (χ2v) is 7.98. The fraction of sp³-hybridized carbons (Fsp3) is 0. The number of aromatic amines is 1. The molecule has 1 amide bonds. The molecular formula is C16H11N7OS3. The highest BCUT2D eigenvalue weighted by Gasteiger charge is 2.17. The maximum atomic E-state index is 12.8. The van der Waals surface area contributed by atoms with Crippen molar-refractivity contribution in [2.45, 2.75) is 20.0 Å². The highest BCUT2D eigenvalue weighted by molar-refractivity contribution is 7.99. The fourth-order valence-corrected chi connectivity index (χ4v) is 4.12. The van der Waals surface area contributed by atoms with E-state index in [-0.39, 0.29) is 5.91 Å². The van der Waals surface area contributed by atoms with Crippen molar-refractivity contribution in [2.24, 2.45) is 0 Å². The number of nitrogens with one attached hydrogen (secondary N) is 2. The van der Waals surface area contributed by atoms with Gasteiger partial charge in [-0.15, -0.1) is 11.3 Å². The molecule has 0 fully saturated rings. The average Bonchev–Trinajstić information content (AvgIpc) is 3.38. The van der Waals surface area contributed by atoms with E-state index >= 15 is 0 Å². The Labute approximate surface area is 166 Å². The monoisotopic (exact) mass is 413 g/mol. The molecule has 8 nitrogen and oxygen atoms in total. The van der Waals surface area contributed by atoms with Crippen LogP contribution in [0.15, 0.2) is 74.5 Å². The van der Waals surface area contributed by atoms with Gasteiger partial charge in [-0.05, 0) is 36.0 Å². The fourth-order valence-electron chi connectivity index (χ4n) is 2.05. The van der Waals surface area contributed by atoms with E-state index in [0.717, 1.165) is 9.79 Å². The summed E-state index contributed by atoms with van der Waals surface area (Å²) in [6, 6.07) is 7.47. The lowest BCUT2D eigenvalue weighted by molar-refractivity contribution is 0.101. The Morgan fingerprint density at radius 3 is 2.70 bits per heavy atom. The lowest BCUT2D eigenvalue weighted by atomic mass is 10.3. The number of anilines is 1. The van der Waals surface area contributed by atoms with Crippen LogP contribution in [0.5, 0.6) is 0 Å². The standard InChI is InChI=1S/C16H11N7OS3/c24-14(22-15-18-7-8-25-15)13-11(26-10-3-5-17-6-4-10)1-2-12(21-13)27-16-19-9-20-23-16/h1-9H,(H,18,22,24)(H,19,20,23). The third-order valence-corrected chi connectivity index (χ3v) is 5.74. The van der Waals surface area contributed by atoms with Crippen molar-refractivity contribution in [1.29, 1.82) is 0 Å². The first-order valence-electron chi connectivity index (χ1n) is 7.61. The summed E-state index contributed by atoms with van der Waals surface area (Å²) < 4.78 is 0. The number of rotatable bonds is 6. The molecule has 11 heteroatoms. The zero-order valence-electron chi connectivity index (χ0n) is 13.6. The molecular weight excluding hydrogens is 402 g/mol. The third-order valence-electron chi connectivity index (χ3n) is 3.17. The van der Waals surface area contributed by atoms with E-state index in [4.69, 9.17) is 0 Å². The van der Waals surface area contributed by atoms with Crippen molar-refractivity contribution in [2.75, 3.05) is 5.32 Å². The Morgan fingerprint density at radius 1 is 1.07 bits per heavy atom. The van der Waals surface area contributed by atoms with Crippen molar-refractivity contribution in [3.8, 4) is 0 Å². The molecule has 0 aliphatic rings. The summed E-state index contributed by atoms with van der Waals surface area (Å²) in [5.41, 5.74) is 0.316. The number of hydrogen-bond donors (Lipinski definition) is 2. The maximum Gasteiger partial charge on any atom is 0.277 e. The number of aromatic nitrogens is 6. The van der Waals surface area contributed by atoms with Gasteiger partial charge in [0.05, 0.1) is 0 Å². The quantitative estimate of drug-likeness (QED) is 0.493. The molecule has 4 heterocycles. The van der Waals surface area contributed by atoms with Gasteiger partial charge < -0.3 is 0 Å². The first-order valence-corrected chi connectivity index (χ1v) is 10.1. The summed E-state index contributed by atoms with van der Waals surface area (Å²) in [6.45, 7) is 0.